The molecule has 0 aromatic rings. The van der Waals surface area contributed by atoms with Crippen LogP contribution in [0.5, 0.6) is 0 Å². The van der Waals surface area contributed by atoms with E-state index in [1.54, 1.807) is 7.11 Å². The summed E-state index contributed by atoms with van der Waals surface area (Å²) in [6.45, 7) is 4.86. The Labute approximate surface area is 192 Å². The maximum absolute atomic E-state index is 5.10. The molecule has 0 fully saturated rings. The van der Waals surface area contributed by atoms with E-state index in [2.05, 4.69) is 6.92 Å². The molecule has 0 aromatic carbocycles. The van der Waals surface area contributed by atoms with Gasteiger partial charge in [0.05, 0.1) is 0 Å². The summed E-state index contributed by atoms with van der Waals surface area (Å²) in [4.78, 5) is 0. The van der Waals surface area contributed by atoms with E-state index in [1.165, 1.54) is 161 Å². The molecule has 1 nitrogen and oxygen atoms in total. The first-order chi connectivity index (χ1) is 14.9. The zero-order chi connectivity index (χ0) is 21.8. The minimum atomic E-state index is 0.943. The highest BCUT2D eigenvalue weighted by molar-refractivity contribution is 4.52. The van der Waals surface area contributed by atoms with Crippen LogP contribution in [0.4, 0.5) is 0 Å². The topological polar surface area (TPSA) is 9.23 Å². The Morgan fingerprint density at radius 3 is 0.733 bits per heavy atom. The largest absolute Gasteiger partial charge is 0.385 e. The van der Waals surface area contributed by atoms with Crippen molar-refractivity contribution < 1.29 is 4.74 Å². The van der Waals surface area contributed by atoms with Gasteiger partial charge < -0.3 is 4.74 Å². The minimum Gasteiger partial charge on any atom is -0.385 e. The molecule has 0 saturated carbocycles. The molecule has 1 heteroatoms. The zero-order valence-corrected chi connectivity index (χ0v) is 21.2. The van der Waals surface area contributed by atoms with Gasteiger partial charge >= 0.3 is 0 Å². The van der Waals surface area contributed by atoms with Gasteiger partial charge in [-0.25, -0.2) is 0 Å². The number of hydrogen-bond acceptors (Lipinski definition) is 1. The van der Waals surface area contributed by atoms with Gasteiger partial charge in [0.2, 0.25) is 0 Å². The van der Waals surface area contributed by atoms with Crippen LogP contribution >= 0.6 is 0 Å². The van der Waals surface area contributed by atoms with Gasteiger partial charge in [-0.15, -0.1) is 0 Å². The minimum absolute atomic E-state index is 0.943. The van der Waals surface area contributed by atoms with Crippen LogP contribution in [0.15, 0.2) is 0 Å². The van der Waals surface area contributed by atoms with Crippen molar-refractivity contribution in [1.29, 1.82) is 0 Å². The fourth-order valence-electron chi connectivity index (χ4n) is 4.49. The van der Waals surface area contributed by atoms with Crippen LogP contribution in [0.2, 0.25) is 0 Å². The molecule has 0 N–H and O–H groups in total. The smallest absolute Gasteiger partial charge is 0.0462 e. The lowest BCUT2D eigenvalue weighted by atomic mass is 10.0. The molecule has 0 rings (SSSR count). The van der Waals surface area contributed by atoms with Gasteiger partial charge in [0, 0.05) is 13.7 Å². The molecule has 0 saturated heterocycles. The van der Waals surface area contributed by atoms with Crippen LogP contribution < -0.4 is 0 Å². The summed E-state index contributed by atoms with van der Waals surface area (Å²) in [5.74, 6) is 0. The van der Waals surface area contributed by atoms with E-state index in [0.717, 1.165) is 13.0 Å². The van der Waals surface area contributed by atoms with Gasteiger partial charge in [0.1, 0.15) is 0 Å². The van der Waals surface area contributed by atoms with Gasteiger partial charge in [-0.05, 0) is 6.42 Å². The first kappa shape index (κ1) is 30.0. The van der Waals surface area contributed by atoms with Gasteiger partial charge in [-0.2, -0.15) is 0 Å². The van der Waals surface area contributed by atoms with Gasteiger partial charge in [-0.1, -0.05) is 167 Å². The molecule has 0 aliphatic rings. The number of ether oxygens (including phenoxy) is 1. The number of unbranched alkanes of at least 4 members (excludes halogenated alkanes) is 25. The fraction of sp³-hybridized carbons (Fsp3) is 0.966. The molecule has 0 amide bonds. The average Bonchev–Trinajstić information content (AvgIpc) is 2.76. The molecule has 0 aromatic heterocycles. The molecular weight excluding hydrogens is 364 g/mol. The van der Waals surface area contributed by atoms with Crippen molar-refractivity contribution >= 4 is 0 Å². The van der Waals surface area contributed by atoms with Crippen LogP contribution in [0.3, 0.4) is 0 Å². The van der Waals surface area contributed by atoms with E-state index in [-0.39, 0.29) is 0 Å². The SMILES string of the molecule is [CH2]CCCCCCCCCCCCCCCCCCCCCCCCCCCOC. The Bertz CT molecular complexity index is 248. The lowest BCUT2D eigenvalue weighted by Gasteiger charge is -2.04. The Balaban J connectivity index is 2.97. The molecule has 1 radical (unpaired) electrons. The van der Waals surface area contributed by atoms with E-state index in [1.807, 2.05) is 0 Å². The molecule has 30 heavy (non-hydrogen) atoms. The Hall–Kier alpha value is -0.0400. The first-order valence-corrected chi connectivity index (χ1v) is 14.2. The normalized spacial score (nSPS) is 11.4. The fourth-order valence-corrected chi connectivity index (χ4v) is 4.49. The van der Waals surface area contributed by atoms with Crippen LogP contribution in [0.1, 0.15) is 167 Å². The van der Waals surface area contributed by atoms with Crippen LogP contribution in [-0.2, 0) is 4.74 Å². The van der Waals surface area contributed by atoms with E-state index >= 15 is 0 Å². The lowest BCUT2D eigenvalue weighted by Crippen LogP contribution is -1.88. The summed E-state index contributed by atoms with van der Waals surface area (Å²) in [5.41, 5.74) is 0. The Kier molecular flexibility index (Phi) is 28.9. The summed E-state index contributed by atoms with van der Waals surface area (Å²) < 4.78 is 5.10. The van der Waals surface area contributed by atoms with Crippen LogP contribution in [0, 0.1) is 6.92 Å². The van der Waals surface area contributed by atoms with Crippen LogP contribution in [-0.4, -0.2) is 13.7 Å². The van der Waals surface area contributed by atoms with Gasteiger partial charge in [-0.3, -0.25) is 0 Å². The second kappa shape index (κ2) is 29.0. The highest BCUT2D eigenvalue weighted by atomic mass is 16.5. The molecule has 0 unspecified atom stereocenters. The summed E-state index contributed by atoms with van der Waals surface area (Å²) >= 11 is 0. The maximum Gasteiger partial charge on any atom is 0.0462 e. The average molecular weight is 424 g/mol. The van der Waals surface area contributed by atoms with Crippen molar-refractivity contribution in [2.24, 2.45) is 0 Å². The number of rotatable bonds is 27. The molecular formula is C29H59O. The number of methoxy groups -OCH3 is 1. The van der Waals surface area contributed by atoms with E-state index in [9.17, 15) is 0 Å². The Morgan fingerprint density at radius 2 is 0.533 bits per heavy atom. The third kappa shape index (κ3) is 28.0. The van der Waals surface area contributed by atoms with Crippen molar-refractivity contribution in [2.75, 3.05) is 13.7 Å². The monoisotopic (exact) mass is 423 g/mol. The standard InChI is InChI=1S/C29H59O/c1-3-4-5-6-7-8-9-10-11-12-13-14-15-16-17-18-19-20-21-22-23-24-25-26-27-28-29-30-2/h1,3-29H2,2H3. The third-order valence-corrected chi connectivity index (χ3v) is 6.60. The zero-order valence-electron chi connectivity index (χ0n) is 21.2. The second-order valence-corrected chi connectivity index (χ2v) is 9.69. The second-order valence-electron chi connectivity index (χ2n) is 9.69. The van der Waals surface area contributed by atoms with Crippen molar-refractivity contribution in [3.05, 3.63) is 6.92 Å². The molecule has 0 aliphatic heterocycles. The van der Waals surface area contributed by atoms with Crippen molar-refractivity contribution in [3.63, 3.8) is 0 Å². The molecule has 0 bridgehead atoms. The van der Waals surface area contributed by atoms with Gasteiger partial charge in [0.15, 0.2) is 0 Å². The third-order valence-electron chi connectivity index (χ3n) is 6.60. The predicted octanol–water partition coefficient (Wildman–Crippen LogP) is 10.6. The summed E-state index contributed by atoms with van der Waals surface area (Å²) in [5, 5.41) is 0. The quantitative estimate of drug-likeness (QED) is 0.119. The van der Waals surface area contributed by atoms with E-state index in [0.29, 0.717) is 0 Å². The van der Waals surface area contributed by atoms with Crippen molar-refractivity contribution in [3.8, 4) is 0 Å². The number of hydrogen-bond donors (Lipinski definition) is 0. The molecule has 0 heterocycles. The molecule has 181 valence electrons. The summed E-state index contributed by atoms with van der Waals surface area (Å²) in [6, 6.07) is 0. The van der Waals surface area contributed by atoms with Crippen molar-refractivity contribution in [2.45, 2.75) is 167 Å². The summed E-state index contributed by atoms with van der Waals surface area (Å²) in [6.07, 6.45) is 37.2. The molecule has 0 atom stereocenters. The Morgan fingerprint density at radius 1 is 0.333 bits per heavy atom. The van der Waals surface area contributed by atoms with E-state index in [4.69, 9.17) is 4.74 Å². The lowest BCUT2D eigenvalue weighted by molar-refractivity contribution is 0.192. The highest BCUT2D eigenvalue weighted by Crippen LogP contribution is 2.15. The molecule has 0 spiro atoms. The molecule has 0 aliphatic carbocycles. The van der Waals surface area contributed by atoms with Crippen LogP contribution in [0.25, 0.3) is 0 Å². The predicted molar refractivity (Wildman–Crippen MR) is 137 cm³/mol. The van der Waals surface area contributed by atoms with Gasteiger partial charge in [0.25, 0.3) is 0 Å². The van der Waals surface area contributed by atoms with E-state index < -0.39 is 0 Å². The van der Waals surface area contributed by atoms with Crippen molar-refractivity contribution in [1.82, 2.24) is 0 Å². The highest BCUT2D eigenvalue weighted by Gasteiger charge is 1.96. The first-order valence-electron chi connectivity index (χ1n) is 14.2. The summed E-state index contributed by atoms with van der Waals surface area (Å²) in [7, 11) is 1.80. The maximum atomic E-state index is 5.10.